The lowest BCUT2D eigenvalue weighted by Gasteiger charge is -2.32. The molecular formula is C9H12O2. The van der Waals surface area contributed by atoms with Gasteiger partial charge in [-0.15, -0.1) is 0 Å². The van der Waals surface area contributed by atoms with Crippen LogP contribution < -0.4 is 0 Å². The van der Waals surface area contributed by atoms with Gasteiger partial charge in [0.2, 0.25) is 0 Å². The normalized spacial score (nSPS) is 47.8. The number of aliphatic hydroxyl groups excluding tert-OH is 2. The zero-order chi connectivity index (χ0) is 7.84. The van der Waals surface area contributed by atoms with Crippen molar-refractivity contribution in [2.75, 3.05) is 0 Å². The van der Waals surface area contributed by atoms with E-state index >= 15 is 0 Å². The third kappa shape index (κ3) is 1.12. The van der Waals surface area contributed by atoms with Gasteiger partial charge in [-0.25, -0.2) is 0 Å². The summed E-state index contributed by atoms with van der Waals surface area (Å²) in [4.78, 5) is 0. The Kier molecular flexibility index (Phi) is 1.59. The maximum atomic E-state index is 9.39. The molecule has 11 heavy (non-hydrogen) atoms. The molecule has 2 heteroatoms. The maximum Gasteiger partial charge on any atom is 0.0783 e. The summed E-state index contributed by atoms with van der Waals surface area (Å²) >= 11 is 0. The predicted molar refractivity (Wildman–Crippen MR) is 41.9 cm³/mol. The van der Waals surface area contributed by atoms with E-state index < -0.39 is 0 Å². The molecule has 0 saturated carbocycles. The Morgan fingerprint density at radius 3 is 1.73 bits per heavy atom. The highest BCUT2D eigenvalue weighted by Crippen LogP contribution is 2.31. The van der Waals surface area contributed by atoms with Crippen molar-refractivity contribution in [1.29, 1.82) is 0 Å². The van der Waals surface area contributed by atoms with Crippen LogP contribution in [0.1, 0.15) is 6.42 Å². The number of hydrogen-bond donors (Lipinski definition) is 2. The summed E-state index contributed by atoms with van der Waals surface area (Å²) in [6.07, 6.45) is 7.60. The molecule has 0 saturated heterocycles. The molecule has 2 aliphatic rings. The van der Waals surface area contributed by atoms with Crippen molar-refractivity contribution in [1.82, 2.24) is 0 Å². The molecule has 60 valence electrons. The summed E-state index contributed by atoms with van der Waals surface area (Å²) in [5.74, 6) is 0.460. The maximum absolute atomic E-state index is 9.39. The summed E-state index contributed by atoms with van der Waals surface area (Å²) in [6, 6.07) is 0. The van der Waals surface area contributed by atoms with Crippen molar-refractivity contribution in [3.63, 3.8) is 0 Å². The molecule has 0 fully saturated rings. The van der Waals surface area contributed by atoms with Crippen LogP contribution >= 0.6 is 0 Å². The first kappa shape index (κ1) is 7.07. The van der Waals surface area contributed by atoms with E-state index in [0.717, 1.165) is 6.42 Å². The minimum Gasteiger partial charge on any atom is -0.388 e. The molecule has 0 aromatic heterocycles. The van der Waals surface area contributed by atoms with E-state index in [9.17, 15) is 10.2 Å². The average Bonchev–Trinajstić information content (AvgIpc) is 2.02. The molecule has 2 nitrogen and oxygen atoms in total. The SMILES string of the molecule is O[C@@H]1C=C[C@@H]2C[C@H]1C=C[C@H]2O. The molecule has 4 atom stereocenters. The molecule has 0 spiro atoms. The van der Waals surface area contributed by atoms with E-state index in [1.165, 1.54) is 0 Å². The Balaban J connectivity index is 2.24. The van der Waals surface area contributed by atoms with Crippen LogP contribution in [-0.2, 0) is 0 Å². The molecule has 0 radical (unpaired) electrons. The third-order valence-corrected chi connectivity index (χ3v) is 2.53. The van der Waals surface area contributed by atoms with Crippen molar-refractivity contribution < 1.29 is 10.2 Å². The molecule has 0 unspecified atom stereocenters. The number of fused-ring (bicyclic) bond motifs is 2. The van der Waals surface area contributed by atoms with E-state index in [0.29, 0.717) is 0 Å². The van der Waals surface area contributed by atoms with Gasteiger partial charge in [0.25, 0.3) is 0 Å². The second kappa shape index (κ2) is 2.47. The fourth-order valence-corrected chi connectivity index (χ4v) is 1.78. The first-order valence-electron chi connectivity index (χ1n) is 4.00. The van der Waals surface area contributed by atoms with Crippen LogP contribution in [0, 0.1) is 11.8 Å². The zero-order valence-corrected chi connectivity index (χ0v) is 6.22. The molecule has 2 bridgehead atoms. The monoisotopic (exact) mass is 152 g/mol. The van der Waals surface area contributed by atoms with Crippen molar-refractivity contribution in [2.45, 2.75) is 18.6 Å². The molecule has 0 aromatic carbocycles. The van der Waals surface area contributed by atoms with Gasteiger partial charge in [0, 0.05) is 11.8 Å². The first-order valence-corrected chi connectivity index (χ1v) is 4.00. The van der Waals surface area contributed by atoms with Crippen LogP contribution in [0.2, 0.25) is 0 Å². The Morgan fingerprint density at radius 1 is 0.818 bits per heavy atom. The molecule has 0 aliphatic heterocycles. The minimum atomic E-state index is -0.338. The molecule has 0 aromatic rings. The Hall–Kier alpha value is -0.600. The van der Waals surface area contributed by atoms with Gasteiger partial charge in [0.05, 0.1) is 12.2 Å². The largest absolute Gasteiger partial charge is 0.388 e. The topological polar surface area (TPSA) is 40.5 Å². The number of hydrogen-bond acceptors (Lipinski definition) is 2. The Morgan fingerprint density at radius 2 is 1.27 bits per heavy atom. The fourth-order valence-electron chi connectivity index (χ4n) is 1.78. The van der Waals surface area contributed by atoms with Crippen LogP contribution in [0.25, 0.3) is 0 Å². The van der Waals surface area contributed by atoms with Crippen LogP contribution in [0.4, 0.5) is 0 Å². The Labute approximate surface area is 65.9 Å². The fraction of sp³-hybridized carbons (Fsp3) is 0.556. The second-order valence-corrected chi connectivity index (χ2v) is 3.31. The van der Waals surface area contributed by atoms with Crippen LogP contribution in [-0.4, -0.2) is 22.4 Å². The summed E-state index contributed by atoms with van der Waals surface area (Å²) in [6.45, 7) is 0. The highest BCUT2D eigenvalue weighted by Gasteiger charge is 2.29. The lowest BCUT2D eigenvalue weighted by molar-refractivity contribution is 0.100. The second-order valence-electron chi connectivity index (χ2n) is 3.31. The van der Waals surface area contributed by atoms with Crippen molar-refractivity contribution in [3.8, 4) is 0 Å². The predicted octanol–water partition coefficient (Wildman–Crippen LogP) is 0.470. The van der Waals surface area contributed by atoms with Crippen molar-refractivity contribution in [2.24, 2.45) is 11.8 Å². The lowest BCUT2D eigenvalue weighted by Crippen LogP contribution is -2.32. The van der Waals surface area contributed by atoms with Crippen molar-refractivity contribution >= 4 is 0 Å². The van der Waals surface area contributed by atoms with Gasteiger partial charge in [-0.1, -0.05) is 24.3 Å². The molecule has 2 N–H and O–H groups in total. The van der Waals surface area contributed by atoms with Gasteiger partial charge in [0.1, 0.15) is 0 Å². The summed E-state index contributed by atoms with van der Waals surface area (Å²) in [5, 5.41) is 18.8. The van der Waals surface area contributed by atoms with Gasteiger partial charge in [-0.2, -0.15) is 0 Å². The summed E-state index contributed by atoms with van der Waals surface area (Å²) in [7, 11) is 0. The van der Waals surface area contributed by atoms with Crippen molar-refractivity contribution in [3.05, 3.63) is 24.3 Å². The molecule has 2 aliphatic carbocycles. The van der Waals surface area contributed by atoms with E-state index in [1.807, 2.05) is 12.2 Å². The van der Waals surface area contributed by atoms with Crippen LogP contribution in [0.5, 0.6) is 0 Å². The van der Waals surface area contributed by atoms with Gasteiger partial charge in [-0.3, -0.25) is 0 Å². The third-order valence-electron chi connectivity index (χ3n) is 2.53. The van der Waals surface area contributed by atoms with E-state index in [4.69, 9.17) is 0 Å². The zero-order valence-electron chi connectivity index (χ0n) is 6.22. The molecule has 2 rings (SSSR count). The number of aliphatic hydroxyl groups is 2. The van der Waals surface area contributed by atoms with Gasteiger partial charge in [0.15, 0.2) is 0 Å². The highest BCUT2D eigenvalue weighted by molar-refractivity contribution is 5.16. The van der Waals surface area contributed by atoms with E-state index in [-0.39, 0.29) is 24.0 Å². The quantitative estimate of drug-likeness (QED) is 0.495. The van der Waals surface area contributed by atoms with E-state index in [2.05, 4.69) is 0 Å². The van der Waals surface area contributed by atoms with Gasteiger partial charge < -0.3 is 10.2 Å². The van der Waals surface area contributed by atoms with Gasteiger partial charge in [-0.05, 0) is 6.42 Å². The molecule has 0 heterocycles. The van der Waals surface area contributed by atoms with Crippen LogP contribution in [0.3, 0.4) is 0 Å². The smallest absolute Gasteiger partial charge is 0.0783 e. The minimum absolute atomic E-state index is 0.230. The summed E-state index contributed by atoms with van der Waals surface area (Å²) in [5.41, 5.74) is 0. The average molecular weight is 152 g/mol. The Bertz CT molecular complexity index is 186. The first-order chi connectivity index (χ1) is 5.27. The lowest BCUT2D eigenvalue weighted by atomic mass is 9.77. The van der Waals surface area contributed by atoms with Crippen LogP contribution in [0.15, 0.2) is 24.3 Å². The molecular weight excluding hydrogens is 140 g/mol. The standard InChI is InChI=1S/C9H12O2/c10-8-3-1-6-5-7(8)2-4-9(6)11/h1-4,6-11H,5H2/t6-,7-,8-,9-/m1/s1. The highest BCUT2D eigenvalue weighted by atomic mass is 16.3. The summed E-state index contributed by atoms with van der Waals surface area (Å²) < 4.78 is 0. The van der Waals surface area contributed by atoms with E-state index in [1.54, 1.807) is 12.2 Å². The molecule has 0 amide bonds. The number of rotatable bonds is 0. The van der Waals surface area contributed by atoms with Gasteiger partial charge >= 0.3 is 0 Å².